The van der Waals surface area contributed by atoms with Gasteiger partial charge >= 0.3 is 0 Å². The first kappa shape index (κ1) is 27.6. The van der Waals surface area contributed by atoms with Gasteiger partial charge in [0.2, 0.25) is 21.8 Å². The molecule has 186 valence electrons. The van der Waals surface area contributed by atoms with Crippen molar-refractivity contribution in [2.24, 2.45) is 5.92 Å². The van der Waals surface area contributed by atoms with Crippen LogP contribution in [0.4, 0.5) is 10.1 Å². The molecule has 0 aliphatic heterocycles. The second-order valence-corrected chi connectivity index (χ2v) is 11.0. The van der Waals surface area contributed by atoms with Gasteiger partial charge in [0.25, 0.3) is 0 Å². The molecule has 0 saturated carbocycles. The summed E-state index contributed by atoms with van der Waals surface area (Å²) >= 11 is 6.01. The summed E-state index contributed by atoms with van der Waals surface area (Å²) in [5.74, 6) is -1.15. The summed E-state index contributed by atoms with van der Waals surface area (Å²) in [6, 6.07) is 9.38. The minimum absolute atomic E-state index is 0.00653. The van der Waals surface area contributed by atoms with E-state index in [4.69, 9.17) is 11.6 Å². The van der Waals surface area contributed by atoms with Crippen LogP contribution in [0.15, 0.2) is 42.5 Å². The van der Waals surface area contributed by atoms with Crippen LogP contribution >= 0.6 is 11.6 Å². The molecule has 2 aromatic rings. The lowest BCUT2D eigenvalue weighted by Crippen LogP contribution is -2.51. The summed E-state index contributed by atoms with van der Waals surface area (Å²) in [7, 11) is -3.84. The van der Waals surface area contributed by atoms with Gasteiger partial charge in [-0.05, 0) is 61.2 Å². The highest BCUT2D eigenvalue weighted by Crippen LogP contribution is 2.26. The van der Waals surface area contributed by atoms with E-state index in [2.05, 4.69) is 5.32 Å². The Labute approximate surface area is 205 Å². The highest BCUT2D eigenvalue weighted by molar-refractivity contribution is 7.92. The monoisotopic (exact) mass is 511 g/mol. The third-order valence-electron chi connectivity index (χ3n) is 5.22. The zero-order chi connectivity index (χ0) is 25.6. The molecule has 0 heterocycles. The van der Waals surface area contributed by atoms with E-state index >= 15 is 0 Å². The van der Waals surface area contributed by atoms with Gasteiger partial charge in [0, 0.05) is 18.1 Å². The highest BCUT2D eigenvalue weighted by Gasteiger charge is 2.30. The first-order valence-electron chi connectivity index (χ1n) is 10.8. The average Bonchev–Trinajstić information content (AvgIpc) is 2.74. The number of aryl methyl sites for hydroxylation is 1. The van der Waals surface area contributed by atoms with Crippen molar-refractivity contribution in [2.45, 2.75) is 40.3 Å². The topological polar surface area (TPSA) is 86.8 Å². The van der Waals surface area contributed by atoms with Crippen LogP contribution in [0.2, 0.25) is 5.02 Å². The van der Waals surface area contributed by atoms with E-state index in [-0.39, 0.29) is 18.4 Å². The summed E-state index contributed by atoms with van der Waals surface area (Å²) in [5.41, 5.74) is 1.50. The van der Waals surface area contributed by atoms with Gasteiger partial charge < -0.3 is 10.2 Å². The Kier molecular flexibility index (Phi) is 9.46. The van der Waals surface area contributed by atoms with E-state index in [0.717, 1.165) is 10.6 Å². The van der Waals surface area contributed by atoms with Crippen molar-refractivity contribution in [2.75, 3.05) is 23.7 Å². The number of anilines is 1. The van der Waals surface area contributed by atoms with Crippen LogP contribution in [-0.2, 0) is 26.2 Å². The van der Waals surface area contributed by atoms with Crippen molar-refractivity contribution in [3.8, 4) is 0 Å². The molecule has 34 heavy (non-hydrogen) atoms. The largest absolute Gasteiger partial charge is 0.354 e. The van der Waals surface area contributed by atoms with Crippen LogP contribution in [0, 0.1) is 18.7 Å². The zero-order valence-electron chi connectivity index (χ0n) is 20.0. The average molecular weight is 512 g/mol. The standard InChI is InChI=1S/C24H31ClFN3O4S/c1-16(2)13-27-24(31)18(4)28(14-19-6-9-21(26)10-7-19)23(30)15-29(34(5,32)33)22-11-8-20(25)12-17(22)3/h6-12,16,18H,13-15H2,1-5H3,(H,27,31). The van der Waals surface area contributed by atoms with Gasteiger partial charge in [-0.25, -0.2) is 12.8 Å². The molecular weight excluding hydrogens is 481 g/mol. The molecule has 0 aliphatic carbocycles. The third kappa shape index (κ3) is 7.70. The van der Waals surface area contributed by atoms with Gasteiger partial charge in [-0.2, -0.15) is 0 Å². The number of carbonyl (C=O) groups excluding carboxylic acids is 2. The van der Waals surface area contributed by atoms with Crippen molar-refractivity contribution in [3.63, 3.8) is 0 Å². The Bertz CT molecular complexity index is 1120. The van der Waals surface area contributed by atoms with Crippen LogP contribution < -0.4 is 9.62 Å². The molecule has 10 heteroatoms. The van der Waals surface area contributed by atoms with E-state index in [0.29, 0.717) is 28.4 Å². The normalized spacial score (nSPS) is 12.4. The van der Waals surface area contributed by atoms with Crippen molar-refractivity contribution in [3.05, 3.63) is 64.4 Å². The fourth-order valence-corrected chi connectivity index (χ4v) is 4.45. The fraction of sp³-hybridized carbons (Fsp3) is 0.417. The highest BCUT2D eigenvalue weighted by atomic mass is 35.5. The Morgan fingerprint density at radius 1 is 1.09 bits per heavy atom. The molecule has 2 rings (SSSR count). The smallest absolute Gasteiger partial charge is 0.244 e. The maximum atomic E-state index is 13.4. The predicted octanol–water partition coefficient (Wildman–Crippen LogP) is 3.74. The first-order chi connectivity index (χ1) is 15.8. The van der Waals surface area contributed by atoms with Crippen molar-refractivity contribution in [1.82, 2.24) is 10.2 Å². The number of hydrogen-bond donors (Lipinski definition) is 1. The minimum Gasteiger partial charge on any atom is -0.354 e. The van der Waals surface area contributed by atoms with E-state index < -0.39 is 34.3 Å². The van der Waals surface area contributed by atoms with Crippen LogP contribution in [0.5, 0.6) is 0 Å². The summed E-state index contributed by atoms with van der Waals surface area (Å²) in [6.07, 6.45) is 1.01. The number of amides is 2. The van der Waals surface area contributed by atoms with E-state index in [1.54, 1.807) is 26.0 Å². The number of benzene rings is 2. The molecule has 0 fully saturated rings. The number of sulfonamides is 1. The van der Waals surface area contributed by atoms with E-state index in [1.807, 2.05) is 13.8 Å². The molecule has 2 aromatic carbocycles. The summed E-state index contributed by atoms with van der Waals surface area (Å²) < 4.78 is 39.6. The molecular formula is C24H31ClFN3O4S. The second-order valence-electron chi connectivity index (χ2n) is 8.66. The molecule has 7 nitrogen and oxygen atoms in total. The molecule has 2 amide bonds. The quantitative estimate of drug-likeness (QED) is 0.526. The van der Waals surface area contributed by atoms with Crippen molar-refractivity contribution < 1.29 is 22.4 Å². The molecule has 0 spiro atoms. The fourth-order valence-electron chi connectivity index (χ4n) is 3.32. The van der Waals surface area contributed by atoms with Gasteiger partial charge in [-0.15, -0.1) is 0 Å². The van der Waals surface area contributed by atoms with Crippen molar-refractivity contribution in [1.29, 1.82) is 0 Å². The van der Waals surface area contributed by atoms with Crippen molar-refractivity contribution >= 4 is 39.1 Å². The van der Waals surface area contributed by atoms with Gasteiger partial charge in [-0.3, -0.25) is 13.9 Å². The molecule has 1 N–H and O–H groups in total. The van der Waals surface area contributed by atoms with Crippen LogP contribution in [0.1, 0.15) is 31.9 Å². The van der Waals surface area contributed by atoms with E-state index in [1.165, 1.54) is 35.2 Å². The third-order valence-corrected chi connectivity index (χ3v) is 6.59. The molecule has 0 bridgehead atoms. The first-order valence-corrected chi connectivity index (χ1v) is 13.1. The Morgan fingerprint density at radius 2 is 1.71 bits per heavy atom. The SMILES string of the molecule is Cc1cc(Cl)ccc1N(CC(=O)N(Cc1ccc(F)cc1)C(C)C(=O)NCC(C)C)S(C)(=O)=O. The molecule has 1 unspecified atom stereocenters. The van der Waals surface area contributed by atoms with Crippen LogP contribution in [-0.4, -0.2) is 50.5 Å². The van der Waals surface area contributed by atoms with Gasteiger partial charge in [0.05, 0.1) is 11.9 Å². The number of nitrogens with one attached hydrogen (secondary N) is 1. The zero-order valence-corrected chi connectivity index (χ0v) is 21.6. The summed E-state index contributed by atoms with van der Waals surface area (Å²) in [5, 5.41) is 3.24. The molecule has 0 saturated heterocycles. The molecule has 0 aliphatic rings. The lowest BCUT2D eigenvalue weighted by molar-refractivity contribution is -0.139. The maximum Gasteiger partial charge on any atom is 0.244 e. The number of nitrogens with zero attached hydrogens (tertiary/aromatic N) is 2. The Balaban J connectivity index is 2.39. The maximum absolute atomic E-state index is 13.4. The molecule has 1 atom stereocenters. The predicted molar refractivity (Wildman–Crippen MR) is 133 cm³/mol. The molecule has 0 radical (unpaired) electrons. The number of halogens is 2. The lowest BCUT2D eigenvalue weighted by Gasteiger charge is -2.32. The van der Waals surface area contributed by atoms with Crippen LogP contribution in [0.25, 0.3) is 0 Å². The van der Waals surface area contributed by atoms with Crippen LogP contribution in [0.3, 0.4) is 0 Å². The second kappa shape index (κ2) is 11.7. The number of hydrogen-bond acceptors (Lipinski definition) is 4. The van der Waals surface area contributed by atoms with Gasteiger partial charge in [0.15, 0.2) is 0 Å². The van der Waals surface area contributed by atoms with Gasteiger partial charge in [0.1, 0.15) is 18.4 Å². The molecule has 0 aromatic heterocycles. The lowest BCUT2D eigenvalue weighted by atomic mass is 10.1. The Hall–Kier alpha value is -2.65. The Morgan fingerprint density at radius 3 is 2.24 bits per heavy atom. The minimum atomic E-state index is -3.84. The summed E-state index contributed by atoms with van der Waals surface area (Å²) in [4.78, 5) is 27.5. The number of rotatable bonds is 10. The van der Waals surface area contributed by atoms with Gasteiger partial charge in [-0.1, -0.05) is 37.6 Å². The summed E-state index contributed by atoms with van der Waals surface area (Å²) in [6.45, 7) is 7.10. The number of carbonyl (C=O) groups is 2. The van der Waals surface area contributed by atoms with E-state index in [9.17, 15) is 22.4 Å².